The molecule has 114 valence electrons. The highest BCUT2D eigenvalue weighted by Gasteiger charge is 2.35. The van der Waals surface area contributed by atoms with Crippen molar-refractivity contribution < 1.29 is 9.53 Å². The van der Waals surface area contributed by atoms with Crippen LogP contribution < -0.4 is 5.73 Å². The lowest BCUT2D eigenvalue weighted by molar-refractivity contribution is 0.112. The minimum atomic E-state index is -0.315. The van der Waals surface area contributed by atoms with Gasteiger partial charge in [0.1, 0.15) is 0 Å². The van der Waals surface area contributed by atoms with Gasteiger partial charge in [0, 0.05) is 6.54 Å². The largest absolute Gasteiger partial charge is 0.453 e. The molecule has 2 aromatic rings. The highest BCUT2D eigenvalue weighted by molar-refractivity contribution is 5.81. The van der Waals surface area contributed by atoms with Crippen LogP contribution >= 0.6 is 0 Å². The van der Waals surface area contributed by atoms with Gasteiger partial charge in [-0.05, 0) is 35.2 Å². The summed E-state index contributed by atoms with van der Waals surface area (Å²) in [6.07, 6.45) is 0.431. The predicted octanol–water partition coefficient (Wildman–Crippen LogP) is 3.17. The van der Waals surface area contributed by atoms with Gasteiger partial charge in [0.25, 0.3) is 0 Å². The fourth-order valence-corrected chi connectivity index (χ4v) is 3.17. The zero-order valence-corrected chi connectivity index (χ0v) is 12.7. The smallest absolute Gasteiger partial charge is 0.410 e. The molecule has 2 aromatic carbocycles. The van der Waals surface area contributed by atoms with Crippen molar-refractivity contribution in [2.45, 2.75) is 12.5 Å². The van der Waals surface area contributed by atoms with Crippen molar-refractivity contribution in [2.75, 3.05) is 20.2 Å². The van der Waals surface area contributed by atoms with Gasteiger partial charge in [-0.1, -0.05) is 48.5 Å². The fourth-order valence-electron chi connectivity index (χ4n) is 3.17. The Morgan fingerprint density at radius 2 is 1.64 bits per heavy atom. The van der Waals surface area contributed by atoms with E-state index >= 15 is 0 Å². The third-order valence-electron chi connectivity index (χ3n) is 4.12. The van der Waals surface area contributed by atoms with E-state index in [0.717, 1.165) is 17.5 Å². The van der Waals surface area contributed by atoms with Crippen molar-refractivity contribution in [1.82, 2.24) is 4.90 Å². The Morgan fingerprint density at radius 1 is 1.09 bits per heavy atom. The topological polar surface area (TPSA) is 55.6 Å². The molecule has 0 saturated heterocycles. The molecule has 1 aliphatic rings. The molecule has 22 heavy (non-hydrogen) atoms. The summed E-state index contributed by atoms with van der Waals surface area (Å²) in [5, 5.41) is 0. The van der Waals surface area contributed by atoms with E-state index in [4.69, 9.17) is 10.5 Å². The maximum Gasteiger partial charge on any atom is 0.410 e. The van der Waals surface area contributed by atoms with Crippen molar-refractivity contribution in [3.8, 4) is 11.1 Å². The Hall–Kier alpha value is -2.33. The van der Waals surface area contributed by atoms with Crippen molar-refractivity contribution in [3.63, 3.8) is 0 Å². The third-order valence-corrected chi connectivity index (χ3v) is 4.12. The number of amides is 1. The van der Waals surface area contributed by atoms with E-state index in [0.29, 0.717) is 13.1 Å². The molecule has 0 atom stereocenters. The molecule has 0 bridgehead atoms. The van der Waals surface area contributed by atoms with Gasteiger partial charge in [-0.3, -0.25) is 4.90 Å². The molecule has 4 nitrogen and oxygen atoms in total. The second kappa shape index (κ2) is 6.20. The van der Waals surface area contributed by atoms with Crippen LogP contribution in [0.1, 0.15) is 23.6 Å². The summed E-state index contributed by atoms with van der Waals surface area (Å²) in [6.45, 7) is 1.13. The van der Waals surface area contributed by atoms with Crippen LogP contribution in [-0.4, -0.2) is 31.2 Å². The van der Waals surface area contributed by atoms with Gasteiger partial charge in [-0.15, -0.1) is 0 Å². The Balaban J connectivity index is 2.09. The first-order chi connectivity index (χ1) is 10.8. The molecule has 0 saturated carbocycles. The number of ether oxygens (including phenoxy) is 1. The summed E-state index contributed by atoms with van der Waals surface area (Å²) in [4.78, 5) is 14.1. The summed E-state index contributed by atoms with van der Waals surface area (Å²) in [6, 6.07) is 16.3. The minimum absolute atomic E-state index is 0.105. The van der Waals surface area contributed by atoms with E-state index < -0.39 is 0 Å². The first kappa shape index (κ1) is 14.6. The number of rotatable bonds is 4. The van der Waals surface area contributed by atoms with Crippen LogP contribution in [-0.2, 0) is 4.74 Å². The van der Waals surface area contributed by atoms with Crippen molar-refractivity contribution in [1.29, 1.82) is 0 Å². The zero-order chi connectivity index (χ0) is 15.5. The Bertz CT molecular complexity index is 639. The molecule has 0 aliphatic heterocycles. The Labute approximate surface area is 130 Å². The van der Waals surface area contributed by atoms with Crippen LogP contribution in [0.15, 0.2) is 48.5 Å². The molecule has 0 unspecified atom stereocenters. The summed E-state index contributed by atoms with van der Waals surface area (Å²) >= 11 is 0. The first-order valence-corrected chi connectivity index (χ1v) is 7.50. The number of methoxy groups -OCH3 is 1. The molecule has 0 radical (unpaired) electrons. The van der Waals surface area contributed by atoms with Crippen molar-refractivity contribution in [3.05, 3.63) is 59.7 Å². The Morgan fingerprint density at radius 3 is 2.14 bits per heavy atom. The van der Waals surface area contributed by atoms with Crippen molar-refractivity contribution in [2.24, 2.45) is 5.73 Å². The van der Waals surface area contributed by atoms with E-state index in [2.05, 4.69) is 24.3 Å². The molecule has 0 aromatic heterocycles. The quantitative estimate of drug-likeness (QED) is 0.942. The Kier molecular flexibility index (Phi) is 4.11. The monoisotopic (exact) mass is 296 g/mol. The average Bonchev–Trinajstić information content (AvgIpc) is 2.90. The van der Waals surface area contributed by atoms with Crippen LogP contribution in [0, 0.1) is 0 Å². The number of hydrogen-bond donors (Lipinski definition) is 1. The number of hydrogen-bond acceptors (Lipinski definition) is 3. The molecule has 0 spiro atoms. The van der Waals surface area contributed by atoms with Gasteiger partial charge in [-0.25, -0.2) is 4.79 Å². The molecule has 4 heteroatoms. The van der Waals surface area contributed by atoms with Gasteiger partial charge in [0.05, 0.1) is 13.2 Å². The van der Waals surface area contributed by atoms with Gasteiger partial charge < -0.3 is 10.5 Å². The van der Waals surface area contributed by atoms with Crippen LogP contribution in [0.25, 0.3) is 11.1 Å². The highest BCUT2D eigenvalue weighted by Crippen LogP contribution is 2.46. The van der Waals surface area contributed by atoms with E-state index in [1.54, 1.807) is 4.90 Å². The van der Waals surface area contributed by atoms with Crippen LogP contribution in [0.3, 0.4) is 0 Å². The van der Waals surface area contributed by atoms with E-state index in [1.165, 1.54) is 18.2 Å². The average molecular weight is 296 g/mol. The second-order valence-corrected chi connectivity index (χ2v) is 5.38. The molecule has 3 rings (SSSR count). The van der Waals surface area contributed by atoms with Crippen LogP contribution in [0.4, 0.5) is 4.79 Å². The minimum Gasteiger partial charge on any atom is -0.453 e. The number of nitrogens with zero attached hydrogens (tertiary/aromatic N) is 1. The van der Waals surface area contributed by atoms with Gasteiger partial charge in [-0.2, -0.15) is 0 Å². The summed E-state index contributed by atoms with van der Waals surface area (Å²) in [5.41, 5.74) is 10.3. The van der Waals surface area contributed by atoms with Gasteiger partial charge in [0.2, 0.25) is 0 Å². The second-order valence-electron chi connectivity index (χ2n) is 5.38. The van der Waals surface area contributed by atoms with Gasteiger partial charge >= 0.3 is 6.09 Å². The van der Waals surface area contributed by atoms with E-state index in [1.807, 2.05) is 24.3 Å². The molecule has 2 N–H and O–H groups in total. The zero-order valence-electron chi connectivity index (χ0n) is 12.7. The maximum atomic E-state index is 12.3. The fraction of sp³-hybridized carbons (Fsp3) is 0.278. The number of carbonyl (C=O) groups is 1. The predicted molar refractivity (Wildman–Crippen MR) is 86.5 cm³/mol. The summed E-state index contributed by atoms with van der Waals surface area (Å²) in [5.74, 6) is 0. The normalized spacial score (nSPS) is 12.6. The molecule has 0 fully saturated rings. The van der Waals surface area contributed by atoms with Gasteiger partial charge in [0.15, 0.2) is 0 Å². The van der Waals surface area contributed by atoms with Crippen molar-refractivity contribution >= 4 is 6.09 Å². The first-order valence-electron chi connectivity index (χ1n) is 7.50. The SMILES string of the molecule is COC(=O)N(CCCN)C1c2ccccc2-c2ccccc21. The molecule has 1 aliphatic carbocycles. The number of fused-ring (bicyclic) bond motifs is 3. The number of benzene rings is 2. The lowest BCUT2D eigenvalue weighted by Crippen LogP contribution is -2.36. The molecular formula is C18H20N2O2. The molecule has 0 heterocycles. The van der Waals surface area contributed by atoms with Crippen LogP contribution in [0.5, 0.6) is 0 Å². The lowest BCUT2D eigenvalue weighted by Gasteiger charge is -2.29. The third kappa shape index (κ3) is 2.35. The van der Waals surface area contributed by atoms with E-state index in [-0.39, 0.29) is 12.1 Å². The number of carbonyl (C=O) groups excluding carboxylic acids is 1. The van der Waals surface area contributed by atoms with E-state index in [9.17, 15) is 4.79 Å². The van der Waals surface area contributed by atoms with Crippen LogP contribution in [0.2, 0.25) is 0 Å². The summed E-state index contributed by atoms with van der Waals surface area (Å²) < 4.78 is 5.00. The standard InChI is InChI=1S/C18H20N2O2/c1-22-18(21)20(12-6-11-19)17-15-9-4-2-7-13(15)14-8-3-5-10-16(14)17/h2-5,7-10,17H,6,11-12,19H2,1H3. The lowest BCUT2D eigenvalue weighted by atomic mass is 10.0. The molecule has 1 amide bonds. The number of nitrogens with two attached hydrogens (primary N) is 1. The maximum absolute atomic E-state index is 12.3. The summed E-state index contributed by atoms with van der Waals surface area (Å²) in [7, 11) is 1.42. The molecular weight excluding hydrogens is 276 g/mol. The highest BCUT2D eigenvalue weighted by atomic mass is 16.5.